The van der Waals surface area contributed by atoms with Gasteiger partial charge in [-0.05, 0) is 43.5 Å². The number of amides is 1. The van der Waals surface area contributed by atoms with E-state index in [9.17, 15) is 22.4 Å². The van der Waals surface area contributed by atoms with Crippen molar-refractivity contribution in [3.63, 3.8) is 0 Å². The molecule has 1 aliphatic carbocycles. The monoisotopic (exact) mass is 360 g/mol. The molecule has 1 amide bonds. The number of halogens is 4. The summed E-state index contributed by atoms with van der Waals surface area (Å²) in [7, 11) is 0. The Bertz CT molecular complexity index is 659. The fraction of sp³-hybridized carbons (Fsp3) is 0.588. The molecule has 0 radical (unpaired) electrons. The van der Waals surface area contributed by atoms with Gasteiger partial charge in [-0.1, -0.05) is 13.0 Å². The van der Waals surface area contributed by atoms with Crippen molar-refractivity contribution in [3.8, 4) is 0 Å². The van der Waals surface area contributed by atoms with Gasteiger partial charge in [-0.3, -0.25) is 0 Å². The second-order valence-corrected chi connectivity index (χ2v) is 6.75. The second-order valence-electron chi connectivity index (χ2n) is 6.75. The summed E-state index contributed by atoms with van der Waals surface area (Å²) in [5, 5.41) is 5.87. The molecule has 0 bridgehead atoms. The highest BCUT2D eigenvalue weighted by Gasteiger charge is 2.57. The van der Waals surface area contributed by atoms with Crippen LogP contribution in [0.2, 0.25) is 0 Å². The number of carbonyl (C=O) groups is 1. The molecule has 25 heavy (non-hydrogen) atoms. The van der Waals surface area contributed by atoms with Crippen LogP contribution >= 0.6 is 0 Å². The van der Waals surface area contributed by atoms with Crippen LogP contribution < -0.4 is 10.6 Å². The first kappa shape index (κ1) is 18.0. The van der Waals surface area contributed by atoms with Gasteiger partial charge in [0, 0.05) is 18.5 Å². The van der Waals surface area contributed by atoms with Crippen molar-refractivity contribution in [2.24, 2.45) is 5.92 Å². The van der Waals surface area contributed by atoms with Gasteiger partial charge in [0.25, 0.3) is 0 Å². The van der Waals surface area contributed by atoms with Crippen LogP contribution in [0.25, 0.3) is 0 Å². The minimum atomic E-state index is -4.80. The van der Waals surface area contributed by atoms with E-state index in [1.807, 2.05) is 0 Å². The summed E-state index contributed by atoms with van der Waals surface area (Å²) in [6.45, 7) is 3.08. The molecule has 8 heteroatoms. The lowest BCUT2D eigenvalue weighted by Gasteiger charge is -2.21. The number of ether oxygens (including phenoxy) is 1. The Morgan fingerprint density at radius 3 is 2.72 bits per heavy atom. The maximum absolute atomic E-state index is 13.5. The normalized spacial score (nSPS) is 28.7. The first-order valence-corrected chi connectivity index (χ1v) is 8.30. The summed E-state index contributed by atoms with van der Waals surface area (Å²) in [4.78, 5) is 12.1. The number of carbonyl (C=O) groups excluding carboxylic acids is 1. The SMILES string of the molecule is CC1C[C@@]1(OC(=O)NCC1CCCN1)c1ccc(F)c(C(F)(F)F)c1. The maximum Gasteiger partial charge on any atom is 0.419 e. The highest BCUT2D eigenvalue weighted by Crippen LogP contribution is 2.55. The molecule has 138 valence electrons. The zero-order valence-corrected chi connectivity index (χ0v) is 13.8. The van der Waals surface area contributed by atoms with E-state index in [1.165, 1.54) is 6.07 Å². The number of nitrogens with one attached hydrogen (secondary N) is 2. The lowest BCUT2D eigenvalue weighted by Crippen LogP contribution is -2.39. The van der Waals surface area contributed by atoms with Crippen LogP contribution in [0.4, 0.5) is 22.4 Å². The van der Waals surface area contributed by atoms with Gasteiger partial charge in [0.1, 0.15) is 11.4 Å². The lowest BCUT2D eigenvalue weighted by atomic mass is 10.0. The highest BCUT2D eigenvalue weighted by atomic mass is 19.4. The minimum absolute atomic E-state index is 0.130. The molecule has 1 saturated carbocycles. The molecule has 0 aromatic heterocycles. The molecular formula is C17H20F4N2O2. The van der Waals surface area contributed by atoms with Gasteiger partial charge in [-0.25, -0.2) is 9.18 Å². The predicted octanol–water partition coefficient (Wildman–Crippen LogP) is 3.56. The van der Waals surface area contributed by atoms with Gasteiger partial charge in [-0.15, -0.1) is 0 Å². The van der Waals surface area contributed by atoms with Gasteiger partial charge in [0.05, 0.1) is 5.56 Å². The van der Waals surface area contributed by atoms with Gasteiger partial charge in [0.15, 0.2) is 0 Å². The van der Waals surface area contributed by atoms with E-state index in [1.54, 1.807) is 6.92 Å². The quantitative estimate of drug-likeness (QED) is 0.808. The number of hydrogen-bond donors (Lipinski definition) is 2. The van der Waals surface area contributed by atoms with E-state index >= 15 is 0 Å². The van der Waals surface area contributed by atoms with Crippen LogP contribution in [0.3, 0.4) is 0 Å². The van der Waals surface area contributed by atoms with Crippen molar-refractivity contribution < 1.29 is 27.1 Å². The summed E-state index contributed by atoms with van der Waals surface area (Å²) in [5.74, 6) is -1.47. The van der Waals surface area contributed by atoms with Gasteiger partial charge < -0.3 is 15.4 Å². The summed E-state index contributed by atoms with van der Waals surface area (Å²) < 4.78 is 57.7. The third-order valence-electron chi connectivity index (χ3n) is 4.94. The third-order valence-corrected chi connectivity index (χ3v) is 4.94. The molecule has 1 aromatic carbocycles. The number of alkyl carbamates (subject to hydrolysis) is 1. The Hall–Kier alpha value is -1.83. The van der Waals surface area contributed by atoms with E-state index in [-0.39, 0.29) is 17.5 Å². The topological polar surface area (TPSA) is 50.4 Å². The van der Waals surface area contributed by atoms with Crippen LogP contribution in [0.5, 0.6) is 0 Å². The molecule has 4 nitrogen and oxygen atoms in total. The van der Waals surface area contributed by atoms with Crippen LogP contribution in [-0.4, -0.2) is 25.2 Å². The molecule has 0 spiro atoms. The molecule has 1 aliphatic heterocycles. The van der Waals surface area contributed by atoms with E-state index in [2.05, 4.69) is 10.6 Å². The molecule has 1 aromatic rings. The first-order chi connectivity index (χ1) is 11.7. The fourth-order valence-electron chi connectivity index (χ4n) is 3.34. The summed E-state index contributed by atoms with van der Waals surface area (Å²) in [5.41, 5.74) is -2.30. The van der Waals surface area contributed by atoms with Gasteiger partial charge in [-0.2, -0.15) is 13.2 Å². The van der Waals surface area contributed by atoms with Crippen LogP contribution in [-0.2, 0) is 16.5 Å². The molecule has 2 unspecified atom stereocenters. The standard InChI is InChI=1S/C17H20F4N2O2/c1-10-8-16(10,25-15(24)23-9-12-3-2-6-22-12)11-4-5-14(18)13(7-11)17(19,20)21/h4-5,7,10,12,22H,2-3,6,8-9H2,1H3,(H,23,24)/t10?,12?,16-/m0/s1. The number of benzene rings is 1. The maximum atomic E-state index is 13.5. The van der Waals surface area contributed by atoms with Gasteiger partial charge in [0.2, 0.25) is 0 Å². The third kappa shape index (κ3) is 3.73. The Morgan fingerprint density at radius 1 is 1.44 bits per heavy atom. The van der Waals surface area contributed by atoms with E-state index in [0.29, 0.717) is 13.0 Å². The van der Waals surface area contributed by atoms with Crippen molar-refractivity contribution in [1.82, 2.24) is 10.6 Å². The number of alkyl halides is 3. The Kier molecular flexibility index (Phi) is 4.66. The Labute approximate surface area is 142 Å². The molecule has 2 N–H and O–H groups in total. The van der Waals surface area contributed by atoms with Crippen LogP contribution in [0.15, 0.2) is 18.2 Å². The van der Waals surface area contributed by atoms with E-state index in [4.69, 9.17) is 4.74 Å². The Morgan fingerprint density at radius 2 is 2.16 bits per heavy atom. The molecule has 1 heterocycles. The average molecular weight is 360 g/mol. The van der Waals surface area contributed by atoms with E-state index in [0.717, 1.165) is 31.5 Å². The van der Waals surface area contributed by atoms with E-state index < -0.39 is 29.3 Å². The van der Waals surface area contributed by atoms with Crippen molar-refractivity contribution >= 4 is 6.09 Å². The van der Waals surface area contributed by atoms with Crippen molar-refractivity contribution in [3.05, 3.63) is 35.1 Å². The van der Waals surface area contributed by atoms with Crippen LogP contribution in [0.1, 0.15) is 37.3 Å². The molecule has 3 rings (SSSR count). The largest absolute Gasteiger partial charge is 0.438 e. The second kappa shape index (κ2) is 6.48. The number of hydrogen-bond acceptors (Lipinski definition) is 3. The first-order valence-electron chi connectivity index (χ1n) is 8.30. The Balaban J connectivity index is 1.71. The molecule has 3 atom stereocenters. The van der Waals surface area contributed by atoms with Crippen LogP contribution in [0, 0.1) is 11.7 Å². The van der Waals surface area contributed by atoms with Crippen molar-refractivity contribution in [2.75, 3.05) is 13.1 Å². The minimum Gasteiger partial charge on any atom is -0.438 e. The molecular weight excluding hydrogens is 340 g/mol. The zero-order valence-electron chi connectivity index (χ0n) is 13.8. The van der Waals surface area contributed by atoms with Crippen molar-refractivity contribution in [1.29, 1.82) is 0 Å². The average Bonchev–Trinajstić information content (AvgIpc) is 2.96. The fourth-order valence-corrected chi connectivity index (χ4v) is 3.34. The summed E-state index contributed by atoms with van der Waals surface area (Å²) >= 11 is 0. The molecule has 1 saturated heterocycles. The highest BCUT2D eigenvalue weighted by molar-refractivity contribution is 5.68. The lowest BCUT2D eigenvalue weighted by molar-refractivity contribution is -0.140. The summed E-state index contributed by atoms with van der Waals surface area (Å²) in [6, 6.07) is 2.95. The van der Waals surface area contributed by atoms with Crippen molar-refractivity contribution in [2.45, 2.75) is 44.0 Å². The molecule has 2 aliphatic rings. The zero-order chi connectivity index (χ0) is 18.2. The number of rotatable bonds is 4. The smallest absolute Gasteiger partial charge is 0.419 e. The van der Waals surface area contributed by atoms with Gasteiger partial charge >= 0.3 is 12.3 Å². The molecule has 2 fully saturated rings. The predicted molar refractivity (Wildman–Crippen MR) is 82.4 cm³/mol. The summed E-state index contributed by atoms with van der Waals surface area (Å²) in [6.07, 6.45) is -3.07.